The first-order chi connectivity index (χ1) is 11.8. The molecule has 1 aromatic heterocycles. The van der Waals surface area contributed by atoms with E-state index in [1.807, 2.05) is 36.4 Å². The van der Waals surface area contributed by atoms with Crippen LogP contribution in [0.25, 0.3) is 5.70 Å². The predicted molar refractivity (Wildman–Crippen MR) is 101 cm³/mol. The number of para-hydroxylation sites is 1. The Kier molecular flexibility index (Phi) is 3.15. The van der Waals surface area contributed by atoms with Gasteiger partial charge in [0.15, 0.2) is 5.78 Å². The third-order valence-electron chi connectivity index (χ3n) is 4.41. The first-order valence-electron chi connectivity index (χ1n) is 7.77. The zero-order valence-electron chi connectivity index (χ0n) is 12.7. The smallest absolute Gasteiger partial charge is 0.193 e. The molecule has 5 rings (SSSR count). The standard InChI is InChI=1S/C20H13NOS2/c22-19-13-7-2-1-6-12(13)18-17(19)20(16-10-5-11-23-16)24-15-9-4-3-8-14(15)21-18/h1-11,20-21H. The van der Waals surface area contributed by atoms with Crippen molar-refractivity contribution >= 4 is 40.3 Å². The molecule has 0 saturated heterocycles. The topological polar surface area (TPSA) is 29.1 Å². The van der Waals surface area contributed by atoms with Gasteiger partial charge >= 0.3 is 0 Å². The van der Waals surface area contributed by atoms with Crippen LogP contribution >= 0.6 is 23.1 Å². The van der Waals surface area contributed by atoms with E-state index >= 15 is 0 Å². The number of carbonyl (C=O) groups is 1. The Balaban J connectivity index is 1.77. The van der Waals surface area contributed by atoms with Crippen molar-refractivity contribution in [2.45, 2.75) is 10.1 Å². The maximum absolute atomic E-state index is 13.1. The van der Waals surface area contributed by atoms with Gasteiger partial charge < -0.3 is 5.32 Å². The molecule has 0 bridgehead atoms. The zero-order valence-corrected chi connectivity index (χ0v) is 14.3. The number of Topliss-reactive ketones (excluding diaryl/α,β-unsaturated/α-hetero) is 1. The number of anilines is 1. The summed E-state index contributed by atoms with van der Waals surface area (Å²) in [4.78, 5) is 15.5. The van der Waals surface area contributed by atoms with Gasteiger partial charge in [-0.25, -0.2) is 0 Å². The summed E-state index contributed by atoms with van der Waals surface area (Å²) in [7, 11) is 0. The van der Waals surface area contributed by atoms with Crippen LogP contribution in [-0.4, -0.2) is 5.78 Å². The van der Waals surface area contributed by atoms with Crippen LogP contribution < -0.4 is 5.32 Å². The Morgan fingerprint density at radius 3 is 2.50 bits per heavy atom. The summed E-state index contributed by atoms with van der Waals surface area (Å²) in [6.45, 7) is 0. The van der Waals surface area contributed by atoms with Crippen LogP contribution in [-0.2, 0) is 0 Å². The van der Waals surface area contributed by atoms with Crippen LogP contribution in [0.5, 0.6) is 0 Å². The summed E-state index contributed by atoms with van der Waals surface area (Å²) in [5.74, 6) is 0.145. The number of hydrogen-bond acceptors (Lipinski definition) is 4. The Morgan fingerprint density at radius 1 is 0.875 bits per heavy atom. The van der Waals surface area contributed by atoms with E-state index < -0.39 is 0 Å². The second kappa shape index (κ2) is 5.36. The van der Waals surface area contributed by atoms with E-state index in [2.05, 4.69) is 35.0 Å². The molecule has 1 aliphatic heterocycles. The number of rotatable bonds is 1. The summed E-state index contributed by atoms with van der Waals surface area (Å²) in [6.07, 6.45) is 0. The molecule has 2 aliphatic rings. The first kappa shape index (κ1) is 14.1. The summed E-state index contributed by atoms with van der Waals surface area (Å²) < 4.78 is 0. The largest absolute Gasteiger partial charge is 0.354 e. The van der Waals surface area contributed by atoms with Gasteiger partial charge in [0.05, 0.1) is 16.6 Å². The average Bonchev–Trinajstić information content (AvgIpc) is 3.19. The monoisotopic (exact) mass is 347 g/mol. The fourth-order valence-corrected chi connectivity index (χ4v) is 5.54. The van der Waals surface area contributed by atoms with Gasteiger partial charge in [0.1, 0.15) is 0 Å². The lowest BCUT2D eigenvalue weighted by Gasteiger charge is -2.15. The SMILES string of the molecule is O=C1C2=C(Nc3ccccc3SC2c2cccs2)c2ccccc21. The third kappa shape index (κ3) is 2.00. The highest BCUT2D eigenvalue weighted by atomic mass is 32.2. The van der Waals surface area contributed by atoms with E-state index in [-0.39, 0.29) is 11.0 Å². The number of benzene rings is 2. The highest BCUT2D eigenvalue weighted by molar-refractivity contribution is 8.00. The number of carbonyl (C=O) groups excluding carboxylic acids is 1. The number of fused-ring (bicyclic) bond motifs is 3. The molecule has 0 spiro atoms. The second-order valence-corrected chi connectivity index (χ2v) is 7.92. The molecule has 2 heterocycles. The van der Waals surface area contributed by atoms with Crippen LogP contribution in [0.2, 0.25) is 0 Å². The van der Waals surface area contributed by atoms with Crippen molar-refractivity contribution < 1.29 is 4.79 Å². The minimum atomic E-state index is 0.0241. The summed E-state index contributed by atoms with van der Waals surface area (Å²) in [6, 6.07) is 20.3. The van der Waals surface area contributed by atoms with Crippen LogP contribution in [0.3, 0.4) is 0 Å². The molecule has 3 aromatic rings. The Labute approximate surface area is 148 Å². The fraction of sp³-hybridized carbons (Fsp3) is 0.0500. The van der Waals surface area contributed by atoms with E-state index in [4.69, 9.17) is 0 Å². The molecule has 116 valence electrons. The molecule has 0 fully saturated rings. The summed E-state index contributed by atoms with van der Waals surface area (Å²) >= 11 is 3.46. The molecule has 1 atom stereocenters. The minimum absolute atomic E-state index is 0.0241. The molecule has 0 saturated carbocycles. The number of hydrogen-bond donors (Lipinski definition) is 1. The van der Waals surface area contributed by atoms with Gasteiger partial charge in [-0.1, -0.05) is 42.5 Å². The summed E-state index contributed by atoms with van der Waals surface area (Å²) in [5.41, 5.74) is 4.72. The van der Waals surface area contributed by atoms with Gasteiger partial charge in [-0.2, -0.15) is 0 Å². The maximum Gasteiger partial charge on any atom is 0.193 e. The van der Waals surface area contributed by atoms with Crippen molar-refractivity contribution in [3.63, 3.8) is 0 Å². The molecule has 2 nitrogen and oxygen atoms in total. The summed E-state index contributed by atoms with van der Waals surface area (Å²) in [5, 5.41) is 5.64. The Bertz CT molecular complexity index is 988. The normalized spacial score (nSPS) is 18.5. The van der Waals surface area contributed by atoms with Gasteiger partial charge in [0.25, 0.3) is 0 Å². The third-order valence-corrected chi connectivity index (χ3v) is 6.83. The fourth-order valence-electron chi connectivity index (χ4n) is 3.32. The molecule has 1 aliphatic carbocycles. The molecule has 0 radical (unpaired) electrons. The van der Waals surface area contributed by atoms with E-state index in [1.165, 1.54) is 9.77 Å². The second-order valence-electron chi connectivity index (χ2n) is 5.80. The molecule has 24 heavy (non-hydrogen) atoms. The van der Waals surface area contributed by atoms with Crippen molar-refractivity contribution in [3.05, 3.63) is 87.6 Å². The van der Waals surface area contributed by atoms with Gasteiger partial charge in [-0.05, 0) is 23.6 Å². The van der Waals surface area contributed by atoms with Crippen LogP contribution in [0, 0.1) is 0 Å². The van der Waals surface area contributed by atoms with Gasteiger partial charge in [-0.3, -0.25) is 4.79 Å². The van der Waals surface area contributed by atoms with Gasteiger partial charge in [0, 0.05) is 26.5 Å². The predicted octanol–water partition coefficient (Wildman–Crippen LogP) is 5.61. The zero-order chi connectivity index (χ0) is 16.1. The van der Waals surface area contributed by atoms with E-state index in [1.54, 1.807) is 23.1 Å². The highest BCUT2D eigenvalue weighted by Gasteiger charge is 2.38. The molecule has 2 aromatic carbocycles. The lowest BCUT2D eigenvalue weighted by atomic mass is 10.1. The van der Waals surface area contributed by atoms with Gasteiger partial charge in [0.2, 0.25) is 0 Å². The molecule has 0 amide bonds. The van der Waals surface area contributed by atoms with Crippen molar-refractivity contribution in [2.75, 3.05) is 5.32 Å². The van der Waals surface area contributed by atoms with Crippen molar-refractivity contribution in [1.29, 1.82) is 0 Å². The quantitative estimate of drug-likeness (QED) is 0.620. The number of nitrogens with one attached hydrogen (secondary N) is 1. The highest BCUT2D eigenvalue weighted by Crippen LogP contribution is 2.53. The number of thiophene rings is 1. The first-order valence-corrected chi connectivity index (χ1v) is 9.53. The lowest BCUT2D eigenvalue weighted by Crippen LogP contribution is -2.06. The van der Waals surface area contributed by atoms with Crippen LogP contribution in [0.15, 0.2) is 76.5 Å². The lowest BCUT2D eigenvalue weighted by molar-refractivity contribution is 0.103. The van der Waals surface area contributed by atoms with Gasteiger partial charge in [-0.15, -0.1) is 23.1 Å². The van der Waals surface area contributed by atoms with Crippen molar-refractivity contribution in [1.82, 2.24) is 0 Å². The maximum atomic E-state index is 13.1. The molecular weight excluding hydrogens is 334 g/mol. The number of thioether (sulfide) groups is 1. The number of ketones is 1. The van der Waals surface area contributed by atoms with E-state index in [0.29, 0.717) is 0 Å². The average molecular weight is 347 g/mol. The Hall–Kier alpha value is -2.30. The van der Waals surface area contributed by atoms with Crippen molar-refractivity contribution in [3.8, 4) is 0 Å². The minimum Gasteiger partial charge on any atom is -0.354 e. The van der Waals surface area contributed by atoms with Crippen LogP contribution in [0.1, 0.15) is 26.0 Å². The molecule has 1 unspecified atom stereocenters. The van der Waals surface area contributed by atoms with E-state index in [9.17, 15) is 4.79 Å². The Morgan fingerprint density at radius 2 is 1.67 bits per heavy atom. The van der Waals surface area contributed by atoms with E-state index in [0.717, 1.165) is 28.1 Å². The molecule has 4 heteroatoms. The van der Waals surface area contributed by atoms with Crippen molar-refractivity contribution in [2.24, 2.45) is 0 Å². The van der Waals surface area contributed by atoms with Crippen LogP contribution in [0.4, 0.5) is 5.69 Å². The molecular formula is C20H13NOS2. The molecule has 1 N–H and O–H groups in total.